The summed E-state index contributed by atoms with van der Waals surface area (Å²) in [6, 6.07) is 10.6. The lowest BCUT2D eigenvalue weighted by molar-refractivity contribution is -0.128. The lowest BCUT2D eigenvalue weighted by atomic mass is 10.1. The van der Waals surface area contributed by atoms with E-state index in [1.807, 2.05) is 36.4 Å². The quantitative estimate of drug-likeness (QED) is 0.619. The molecule has 0 radical (unpaired) electrons. The molecular formula is C24H27N5O3. The Morgan fingerprint density at radius 1 is 1.25 bits per heavy atom. The van der Waals surface area contributed by atoms with E-state index in [-0.39, 0.29) is 18.4 Å². The smallest absolute Gasteiger partial charge is 0.249 e. The van der Waals surface area contributed by atoms with Gasteiger partial charge in [-0.2, -0.15) is 0 Å². The number of nitrogens with one attached hydrogen (secondary N) is 2. The van der Waals surface area contributed by atoms with Gasteiger partial charge in [0, 0.05) is 22.8 Å². The third-order valence-electron chi connectivity index (χ3n) is 5.94. The minimum Gasteiger partial charge on any atom is -0.495 e. The number of fused-ring (bicyclic) bond motifs is 2. The Labute approximate surface area is 187 Å². The maximum atomic E-state index is 13.7. The molecule has 8 heteroatoms. The summed E-state index contributed by atoms with van der Waals surface area (Å²) in [7, 11) is 3.30. The van der Waals surface area contributed by atoms with Crippen molar-refractivity contribution in [1.82, 2.24) is 20.6 Å². The van der Waals surface area contributed by atoms with Gasteiger partial charge in [-0.05, 0) is 50.6 Å². The van der Waals surface area contributed by atoms with Crippen molar-refractivity contribution < 1.29 is 14.3 Å². The van der Waals surface area contributed by atoms with Gasteiger partial charge >= 0.3 is 0 Å². The first-order valence-corrected chi connectivity index (χ1v) is 10.7. The normalized spacial score (nSPS) is 16.9. The fourth-order valence-corrected chi connectivity index (χ4v) is 4.00. The van der Waals surface area contributed by atoms with Crippen LogP contribution in [0.5, 0.6) is 5.75 Å². The first-order valence-electron chi connectivity index (χ1n) is 10.7. The first kappa shape index (κ1) is 21.7. The van der Waals surface area contributed by atoms with Crippen molar-refractivity contribution in [2.24, 2.45) is 0 Å². The summed E-state index contributed by atoms with van der Waals surface area (Å²) >= 11 is 0. The number of aromatic nitrogens is 2. The van der Waals surface area contributed by atoms with Crippen LogP contribution in [0.3, 0.4) is 0 Å². The zero-order chi connectivity index (χ0) is 22.7. The van der Waals surface area contributed by atoms with Crippen LogP contribution in [-0.4, -0.2) is 48.0 Å². The molecule has 0 fully saturated rings. The number of para-hydroxylation sites is 1. The second kappa shape index (κ2) is 9.32. The number of likely N-dealkylation sites (N-methyl/N-ethyl adjacent to an activating group) is 1. The number of ether oxygens (including phenoxy) is 1. The molecule has 4 rings (SSSR count). The van der Waals surface area contributed by atoms with E-state index < -0.39 is 12.1 Å². The van der Waals surface area contributed by atoms with Crippen LogP contribution in [0.1, 0.15) is 24.5 Å². The number of hydrogen-bond donors (Lipinski definition) is 2. The monoisotopic (exact) mass is 433 g/mol. The molecule has 1 unspecified atom stereocenters. The standard InChI is InChI=1S/C24H27N5O3/c1-15(25-2)23(30)28-19-11-10-16-7-4-5-9-20(16)29(24(19)31)14-18-17-8-6-12-26-22(17)27-13-21(18)32-3/h4-9,12-13,15,19,25H,10-11,14H2,1-3H3,(H,28,30)/t15-,19?/m0/s1. The molecule has 0 bridgehead atoms. The Hall–Kier alpha value is -3.52. The van der Waals surface area contributed by atoms with Gasteiger partial charge in [0.05, 0.1) is 25.9 Å². The average molecular weight is 434 g/mol. The zero-order valence-electron chi connectivity index (χ0n) is 18.5. The number of aryl methyl sites for hydroxylation is 1. The van der Waals surface area contributed by atoms with E-state index in [1.165, 1.54) is 0 Å². The summed E-state index contributed by atoms with van der Waals surface area (Å²) in [5.74, 6) is 0.236. The summed E-state index contributed by atoms with van der Waals surface area (Å²) < 4.78 is 5.58. The van der Waals surface area contributed by atoms with E-state index in [1.54, 1.807) is 38.4 Å². The summed E-state index contributed by atoms with van der Waals surface area (Å²) in [4.78, 5) is 36.7. The van der Waals surface area contributed by atoms with E-state index in [0.29, 0.717) is 24.2 Å². The number of methoxy groups -OCH3 is 1. The molecule has 2 aromatic heterocycles. The molecule has 166 valence electrons. The molecule has 2 atom stereocenters. The van der Waals surface area contributed by atoms with Gasteiger partial charge in [0.15, 0.2) is 5.65 Å². The third kappa shape index (κ3) is 4.13. The van der Waals surface area contributed by atoms with Crippen molar-refractivity contribution in [1.29, 1.82) is 0 Å². The highest BCUT2D eigenvalue weighted by Gasteiger charge is 2.33. The Balaban J connectivity index is 1.76. The predicted molar refractivity (Wildman–Crippen MR) is 122 cm³/mol. The molecule has 8 nitrogen and oxygen atoms in total. The molecule has 3 aromatic rings. The van der Waals surface area contributed by atoms with Gasteiger partial charge in [-0.15, -0.1) is 0 Å². The van der Waals surface area contributed by atoms with Gasteiger partial charge in [0.2, 0.25) is 11.8 Å². The lowest BCUT2D eigenvalue weighted by Gasteiger charge is -2.28. The Bertz CT molecular complexity index is 1150. The van der Waals surface area contributed by atoms with Gasteiger partial charge in [-0.1, -0.05) is 18.2 Å². The maximum Gasteiger partial charge on any atom is 0.249 e. The van der Waals surface area contributed by atoms with E-state index in [0.717, 1.165) is 22.2 Å². The maximum absolute atomic E-state index is 13.7. The summed E-state index contributed by atoms with van der Waals surface area (Å²) in [6.07, 6.45) is 4.54. The first-order chi connectivity index (χ1) is 15.5. The van der Waals surface area contributed by atoms with Crippen molar-refractivity contribution in [2.45, 2.75) is 38.4 Å². The predicted octanol–water partition coefficient (Wildman–Crippen LogP) is 2.21. The van der Waals surface area contributed by atoms with Crippen LogP contribution < -0.4 is 20.3 Å². The fourth-order valence-electron chi connectivity index (χ4n) is 4.00. The molecule has 2 N–H and O–H groups in total. The number of hydrogen-bond acceptors (Lipinski definition) is 6. The summed E-state index contributed by atoms with van der Waals surface area (Å²) in [6.45, 7) is 2.04. The number of anilines is 1. The molecule has 3 heterocycles. The topological polar surface area (TPSA) is 96.5 Å². The zero-order valence-corrected chi connectivity index (χ0v) is 18.5. The minimum atomic E-state index is -0.622. The molecule has 2 amide bonds. The number of carbonyl (C=O) groups excluding carboxylic acids is 2. The molecule has 1 aromatic carbocycles. The van der Waals surface area contributed by atoms with E-state index in [9.17, 15) is 9.59 Å². The van der Waals surface area contributed by atoms with Crippen LogP contribution in [0.15, 0.2) is 48.8 Å². The number of pyridine rings is 2. The number of rotatable bonds is 6. The molecule has 0 saturated carbocycles. The van der Waals surface area contributed by atoms with Gasteiger partial charge in [0.25, 0.3) is 0 Å². The van der Waals surface area contributed by atoms with Crippen LogP contribution in [-0.2, 0) is 22.6 Å². The third-order valence-corrected chi connectivity index (χ3v) is 5.94. The van der Waals surface area contributed by atoms with Crippen LogP contribution >= 0.6 is 0 Å². The average Bonchev–Trinajstić information content (AvgIpc) is 2.95. The number of amides is 2. The van der Waals surface area contributed by atoms with E-state index in [4.69, 9.17) is 4.74 Å². The molecular weight excluding hydrogens is 406 g/mol. The molecule has 0 aliphatic carbocycles. The van der Waals surface area contributed by atoms with Crippen molar-refractivity contribution in [2.75, 3.05) is 19.1 Å². The van der Waals surface area contributed by atoms with Gasteiger partial charge in [-0.25, -0.2) is 9.97 Å². The SMILES string of the molecule is CN[C@@H](C)C(=O)NC1CCc2ccccc2N(Cc2c(OC)cnc3ncccc23)C1=O. The summed E-state index contributed by atoms with van der Waals surface area (Å²) in [5, 5.41) is 6.67. The lowest BCUT2D eigenvalue weighted by Crippen LogP contribution is -2.52. The molecule has 0 spiro atoms. The van der Waals surface area contributed by atoms with Crippen molar-refractivity contribution in [3.63, 3.8) is 0 Å². The molecule has 32 heavy (non-hydrogen) atoms. The highest BCUT2D eigenvalue weighted by Crippen LogP contribution is 2.32. The number of benzene rings is 1. The molecule has 1 aliphatic rings. The van der Waals surface area contributed by atoms with Crippen LogP contribution in [0.4, 0.5) is 5.69 Å². The number of nitrogens with zero attached hydrogens (tertiary/aromatic N) is 3. The van der Waals surface area contributed by atoms with Crippen molar-refractivity contribution >= 4 is 28.5 Å². The Morgan fingerprint density at radius 2 is 2.06 bits per heavy atom. The van der Waals surface area contributed by atoms with E-state index in [2.05, 4.69) is 20.6 Å². The van der Waals surface area contributed by atoms with Crippen molar-refractivity contribution in [3.05, 3.63) is 59.9 Å². The highest BCUT2D eigenvalue weighted by atomic mass is 16.5. The second-order valence-electron chi connectivity index (χ2n) is 7.84. The second-order valence-corrected chi connectivity index (χ2v) is 7.84. The van der Waals surface area contributed by atoms with Crippen LogP contribution in [0.25, 0.3) is 11.0 Å². The van der Waals surface area contributed by atoms with Crippen LogP contribution in [0.2, 0.25) is 0 Å². The summed E-state index contributed by atoms with van der Waals surface area (Å²) in [5.41, 5.74) is 3.32. The fraction of sp³-hybridized carbons (Fsp3) is 0.333. The Kier molecular flexibility index (Phi) is 6.32. The van der Waals surface area contributed by atoms with Gasteiger partial charge in [-0.3, -0.25) is 9.59 Å². The molecule has 1 aliphatic heterocycles. The van der Waals surface area contributed by atoms with E-state index >= 15 is 0 Å². The largest absolute Gasteiger partial charge is 0.495 e. The van der Waals surface area contributed by atoms with Crippen LogP contribution in [0, 0.1) is 0 Å². The Morgan fingerprint density at radius 3 is 2.84 bits per heavy atom. The molecule has 0 saturated heterocycles. The van der Waals surface area contributed by atoms with Gasteiger partial charge < -0.3 is 20.3 Å². The number of carbonyl (C=O) groups is 2. The van der Waals surface area contributed by atoms with Crippen molar-refractivity contribution in [3.8, 4) is 5.75 Å². The van der Waals surface area contributed by atoms with Gasteiger partial charge in [0.1, 0.15) is 11.8 Å². The minimum absolute atomic E-state index is 0.150. The highest BCUT2D eigenvalue weighted by molar-refractivity contribution is 6.01.